The fourth-order valence-electron chi connectivity index (χ4n) is 0.697. The molecule has 0 aromatic carbocycles. The molecule has 0 nitrogen and oxygen atoms in total. The zero-order chi connectivity index (χ0) is 6.41. The zero-order valence-corrected chi connectivity index (χ0v) is 8.53. The Kier molecular flexibility index (Phi) is 11.9. The summed E-state index contributed by atoms with van der Waals surface area (Å²) in [5.41, 5.74) is 0. The Morgan fingerprint density at radius 3 is 2.33 bits per heavy atom. The second-order valence-corrected chi connectivity index (χ2v) is 2.51. The van der Waals surface area contributed by atoms with Crippen molar-refractivity contribution in [1.29, 1.82) is 0 Å². The fourth-order valence-corrected chi connectivity index (χ4v) is 0.697. The minimum atomic E-state index is 0. The molecule has 0 N–H and O–H groups in total. The van der Waals surface area contributed by atoms with E-state index in [0.717, 1.165) is 12.3 Å². The van der Waals surface area contributed by atoms with Crippen LogP contribution in [0.25, 0.3) is 0 Å². The van der Waals surface area contributed by atoms with E-state index in [1.54, 1.807) is 0 Å². The molecule has 0 aromatic rings. The van der Waals surface area contributed by atoms with Crippen LogP contribution in [0.2, 0.25) is 0 Å². The second kappa shape index (κ2) is 8.69. The van der Waals surface area contributed by atoms with Crippen molar-refractivity contribution in [3.05, 3.63) is 6.92 Å². The number of unbranched alkanes of at least 4 members (excludes halogenated alkanes) is 1. The van der Waals surface area contributed by atoms with E-state index in [4.69, 9.17) is 0 Å². The molecule has 0 fully saturated rings. The Labute approximate surface area is 73.7 Å². The van der Waals surface area contributed by atoms with Crippen LogP contribution in [-0.4, -0.2) is 0 Å². The van der Waals surface area contributed by atoms with E-state index in [9.17, 15) is 0 Å². The van der Waals surface area contributed by atoms with Gasteiger partial charge in [-0.25, -0.2) is 0 Å². The molecule has 1 unspecified atom stereocenters. The molecular formula is C8H17Mo-. The van der Waals surface area contributed by atoms with Gasteiger partial charge in [0, 0.05) is 21.1 Å². The van der Waals surface area contributed by atoms with E-state index in [-0.39, 0.29) is 21.1 Å². The number of hydrogen-bond donors (Lipinski definition) is 0. The van der Waals surface area contributed by atoms with Crippen molar-refractivity contribution in [2.45, 2.75) is 39.5 Å². The molecule has 0 amide bonds. The Hall–Kier alpha value is 0.688. The van der Waals surface area contributed by atoms with E-state index in [2.05, 4.69) is 20.8 Å². The maximum absolute atomic E-state index is 3.79. The maximum Gasteiger partial charge on any atom is 0 e. The van der Waals surface area contributed by atoms with Gasteiger partial charge in [-0.05, 0) is 5.92 Å². The summed E-state index contributed by atoms with van der Waals surface area (Å²) in [6, 6.07) is 0. The number of rotatable bonds is 4. The molecule has 56 valence electrons. The van der Waals surface area contributed by atoms with Gasteiger partial charge in [-0.3, -0.25) is 0 Å². The maximum atomic E-state index is 3.79. The van der Waals surface area contributed by atoms with Crippen LogP contribution in [0.5, 0.6) is 0 Å². The van der Waals surface area contributed by atoms with Gasteiger partial charge < -0.3 is 6.92 Å². The molecule has 0 radical (unpaired) electrons. The molecule has 0 rings (SSSR count). The molecule has 1 heteroatoms. The molecule has 0 aliphatic carbocycles. The minimum Gasteiger partial charge on any atom is -0.343 e. The van der Waals surface area contributed by atoms with Crippen LogP contribution in [0.3, 0.4) is 0 Å². The molecule has 0 heterocycles. The van der Waals surface area contributed by atoms with Crippen LogP contribution >= 0.6 is 0 Å². The first-order chi connectivity index (χ1) is 3.81. The molecule has 0 aliphatic heterocycles. The first-order valence-electron chi connectivity index (χ1n) is 3.60. The van der Waals surface area contributed by atoms with E-state index in [1.165, 1.54) is 19.3 Å². The predicted molar refractivity (Wildman–Crippen MR) is 38.7 cm³/mol. The Bertz CT molecular complexity index is 43.8. The average molecular weight is 209 g/mol. The van der Waals surface area contributed by atoms with Crippen LogP contribution in [0.15, 0.2) is 0 Å². The van der Waals surface area contributed by atoms with Gasteiger partial charge in [-0.15, -0.1) is 0 Å². The van der Waals surface area contributed by atoms with Crippen molar-refractivity contribution >= 4 is 0 Å². The van der Waals surface area contributed by atoms with E-state index >= 15 is 0 Å². The molecule has 0 saturated carbocycles. The summed E-state index contributed by atoms with van der Waals surface area (Å²) in [4.78, 5) is 0. The van der Waals surface area contributed by atoms with Gasteiger partial charge >= 0.3 is 0 Å². The van der Waals surface area contributed by atoms with Gasteiger partial charge in [-0.2, -0.15) is 6.42 Å². The van der Waals surface area contributed by atoms with E-state index < -0.39 is 0 Å². The Morgan fingerprint density at radius 2 is 2.00 bits per heavy atom. The predicted octanol–water partition coefficient (Wildman–Crippen LogP) is 3.03. The van der Waals surface area contributed by atoms with Gasteiger partial charge in [0.2, 0.25) is 0 Å². The largest absolute Gasteiger partial charge is 0.343 e. The molecule has 1 atom stereocenters. The summed E-state index contributed by atoms with van der Waals surface area (Å²) in [6.45, 7) is 8.34. The van der Waals surface area contributed by atoms with Crippen molar-refractivity contribution in [3.63, 3.8) is 0 Å². The topological polar surface area (TPSA) is 0 Å². The van der Waals surface area contributed by atoms with Crippen molar-refractivity contribution in [3.8, 4) is 0 Å². The standard InChI is InChI=1S/C8H17.Mo/c1-4-6-7-8(3)5-2;/h8H,1,4-7H2,2-3H3;/q-1;. The Balaban J connectivity index is 0. The van der Waals surface area contributed by atoms with Gasteiger partial charge in [0.15, 0.2) is 0 Å². The zero-order valence-electron chi connectivity index (χ0n) is 6.52. The van der Waals surface area contributed by atoms with Gasteiger partial charge in [0.25, 0.3) is 0 Å². The van der Waals surface area contributed by atoms with Crippen molar-refractivity contribution in [2.75, 3.05) is 0 Å². The minimum absolute atomic E-state index is 0. The molecule has 0 aromatic heterocycles. The summed E-state index contributed by atoms with van der Waals surface area (Å²) in [6.07, 6.45) is 5.08. The molecule has 0 aliphatic rings. The summed E-state index contributed by atoms with van der Waals surface area (Å²) in [7, 11) is 0. The number of hydrogen-bond acceptors (Lipinski definition) is 0. The normalized spacial score (nSPS) is 12.3. The molecule has 0 saturated heterocycles. The monoisotopic (exact) mass is 211 g/mol. The summed E-state index contributed by atoms with van der Waals surface area (Å²) >= 11 is 0. The molecular weight excluding hydrogens is 192 g/mol. The van der Waals surface area contributed by atoms with Gasteiger partial charge in [0.1, 0.15) is 0 Å². The van der Waals surface area contributed by atoms with Crippen LogP contribution in [-0.2, 0) is 21.1 Å². The van der Waals surface area contributed by atoms with Crippen LogP contribution < -0.4 is 0 Å². The summed E-state index contributed by atoms with van der Waals surface area (Å²) < 4.78 is 0. The summed E-state index contributed by atoms with van der Waals surface area (Å²) in [5.74, 6) is 0.914. The molecule has 0 bridgehead atoms. The van der Waals surface area contributed by atoms with Crippen LogP contribution in [0.1, 0.15) is 39.5 Å². The van der Waals surface area contributed by atoms with Crippen LogP contribution in [0, 0.1) is 12.8 Å². The third-order valence-corrected chi connectivity index (χ3v) is 1.64. The first kappa shape index (κ1) is 12.4. The van der Waals surface area contributed by atoms with Gasteiger partial charge in [0.05, 0.1) is 0 Å². The van der Waals surface area contributed by atoms with Crippen molar-refractivity contribution in [2.24, 2.45) is 5.92 Å². The first-order valence-corrected chi connectivity index (χ1v) is 3.60. The van der Waals surface area contributed by atoms with Crippen molar-refractivity contribution < 1.29 is 21.1 Å². The van der Waals surface area contributed by atoms with Crippen LogP contribution in [0.4, 0.5) is 0 Å². The second-order valence-electron chi connectivity index (χ2n) is 2.51. The quantitative estimate of drug-likeness (QED) is 0.493. The van der Waals surface area contributed by atoms with E-state index in [0.29, 0.717) is 0 Å². The van der Waals surface area contributed by atoms with Gasteiger partial charge in [-0.1, -0.05) is 33.1 Å². The third-order valence-electron chi connectivity index (χ3n) is 1.64. The molecule has 9 heavy (non-hydrogen) atoms. The fraction of sp³-hybridized carbons (Fsp3) is 0.875. The van der Waals surface area contributed by atoms with E-state index in [1.807, 2.05) is 0 Å². The van der Waals surface area contributed by atoms with Crippen molar-refractivity contribution in [1.82, 2.24) is 0 Å². The SMILES string of the molecule is [CH2-]CCCC(C)CC.[Mo]. The summed E-state index contributed by atoms with van der Waals surface area (Å²) in [5, 5.41) is 0. The Morgan fingerprint density at radius 1 is 1.44 bits per heavy atom. The third kappa shape index (κ3) is 8.69. The smallest absolute Gasteiger partial charge is 0 e. The molecule has 0 spiro atoms. The average Bonchev–Trinajstić information content (AvgIpc) is 1.83.